The predicted octanol–water partition coefficient (Wildman–Crippen LogP) is 4.44. The Kier molecular flexibility index (Phi) is 5.24. The summed E-state index contributed by atoms with van der Waals surface area (Å²) in [5.41, 5.74) is 2.92. The molecule has 3 aromatic carbocycles. The Labute approximate surface area is 145 Å². The highest BCUT2D eigenvalue weighted by Crippen LogP contribution is 2.25. The van der Waals surface area contributed by atoms with Crippen LogP contribution in [-0.2, 0) is 17.2 Å². The van der Waals surface area contributed by atoms with Gasteiger partial charge in [0.15, 0.2) is 0 Å². The molecule has 0 fully saturated rings. The first-order chi connectivity index (χ1) is 11.6. The summed E-state index contributed by atoms with van der Waals surface area (Å²) in [6, 6.07) is 24.9. The quantitative estimate of drug-likeness (QED) is 0.748. The molecule has 0 aromatic heterocycles. The minimum atomic E-state index is -1.25. The molecule has 0 radical (unpaired) electrons. The second kappa shape index (κ2) is 7.56. The van der Waals surface area contributed by atoms with Crippen molar-refractivity contribution < 1.29 is 9.32 Å². The van der Waals surface area contributed by atoms with E-state index in [0.717, 1.165) is 26.5 Å². The standard InChI is InChI=1S/C21H20O2S/c1-16-11-13-19(14-12-16)24(23)21-10-6-5-9-18(21)15-20(22)17-7-3-2-4-8-17/h2-14,20,22H,15H2,1H3/t20-,24+/m1/s1. The maximum atomic E-state index is 12.9. The van der Waals surface area contributed by atoms with Gasteiger partial charge in [0.05, 0.1) is 16.9 Å². The van der Waals surface area contributed by atoms with Crippen LogP contribution in [0.4, 0.5) is 0 Å². The van der Waals surface area contributed by atoms with Gasteiger partial charge in [-0.1, -0.05) is 66.2 Å². The average Bonchev–Trinajstić information content (AvgIpc) is 2.63. The van der Waals surface area contributed by atoms with Crippen molar-refractivity contribution in [2.75, 3.05) is 0 Å². The molecular formula is C21H20O2S. The third-order valence-electron chi connectivity index (χ3n) is 4.01. The monoisotopic (exact) mass is 336 g/mol. The van der Waals surface area contributed by atoms with Gasteiger partial charge in [-0.15, -0.1) is 0 Å². The highest BCUT2D eigenvalue weighted by Gasteiger charge is 2.15. The maximum absolute atomic E-state index is 12.9. The van der Waals surface area contributed by atoms with E-state index in [1.165, 1.54) is 0 Å². The first-order valence-electron chi connectivity index (χ1n) is 7.94. The molecule has 0 unspecified atom stereocenters. The minimum absolute atomic E-state index is 0.442. The molecule has 0 saturated heterocycles. The van der Waals surface area contributed by atoms with E-state index in [1.54, 1.807) is 0 Å². The molecule has 24 heavy (non-hydrogen) atoms. The topological polar surface area (TPSA) is 37.3 Å². The van der Waals surface area contributed by atoms with E-state index >= 15 is 0 Å². The Morgan fingerprint density at radius 2 is 1.50 bits per heavy atom. The molecule has 0 aliphatic rings. The Morgan fingerprint density at radius 3 is 2.21 bits per heavy atom. The molecule has 1 N–H and O–H groups in total. The summed E-state index contributed by atoms with van der Waals surface area (Å²) in [5, 5.41) is 10.5. The van der Waals surface area contributed by atoms with Crippen molar-refractivity contribution in [2.24, 2.45) is 0 Å². The first-order valence-corrected chi connectivity index (χ1v) is 9.09. The number of aliphatic hydroxyl groups excluding tert-OH is 1. The molecule has 0 bridgehead atoms. The SMILES string of the molecule is Cc1ccc([S@](=O)c2ccccc2C[C@@H](O)c2ccccc2)cc1. The van der Waals surface area contributed by atoms with Gasteiger partial charge in [0, 0.05) is 16.2 Å². The van der Waals surface area contributed by atoms with Crippen molar-refractivity contribution >= 4 is 10.8 Å². The number of hydrogen-bond donors (Lipinski definition) is 1. The summed E-state index contributed by atoms with van der Waals surface area (Å²) in [5.74, 6) is 0. The molecule has 0 saturated carbocycles. The van der Waals surface area contributed by atoms with Crippen molar-refractivity contribution in [3.8, 4) is 0 Å². The predicted molar refractivity (Wildman–Crippen MR) is 97.4 cm³/mol. The zero-order valence-electron chi connectivity index (χ0n) is 13.6. The van der Waals surface area contributed by atoms with E-state index in [4.69, 9.17) is 0 Å². The summed E-state index contributed by atoms with van der Waals surface area (Å²) in [4.78, 5) is 1.54. The number of benzene rings is 3. The highest BCUT2D eigenvalue weighted by molar-refractivity contribution is 7.85. The Balaban J connectivity index is 1.88. The fourth-order valence-electron chi connectivity index (χ4n) is 2.64. The fraction of sp³-hybridized carbons (Fsp3) is 0.143. The lowest BCUT2D eigenvalue weighted by molar-refractivity contribution is 0.177. The molecule has 3 heteroatoms. The molecule has 2 atom stereocenters. The second-order valence-electron chi connectivity index (χ2n) is 5.82. The molecule has 3 aromatic rings. The molecule has 3 rings (SSSR count). The van der Waals surface area contributed by atoms with E-state index in [2.05, 4.69) is 0 Å². The van der Waals surface area contributed by atoms with E-state index < -0.39 is 16.9 Å². The molecule has 0 spiro atoms. The Hall–Kier alpha value is -2.23. The average molecular weight is 336 g/mol. The minimum Gasteiger partial charge on any atom is -0.388 e. The molecule has 122 valence electrons. The van der Waals surface area contributed by atoms with Crippen LogP contribution in [0.1, 0.15) is 22.8 Å². The van der Waals surface area contributed by atoms with Gasteiger partial charge in [0.2, 0.25) is 0 Å². The van der Waals surface area contributed by atoms with Crippen molar-refractivity contribution in [1.29, 1.82) is 0 Å². The molecule has 0 heterocycles. The zero-order valence-corrected chi connectivity index (χ0v) is 14.4. The third kappa shape index (κ3) is 3.81. The summed E-state index contributed by atoms with van der Waals surface area (Å²) in [7, 11) is -1.25. The smallest absolute Gasteiger partial charge is 0.0852 e. The van der Waals surface area contributed by atoms with Crippen LogP contribution in [0.5, 0.6) is 0 Å². The van der Waals surface area contributed by atoms with Crippen LogP contribution in [0.15, 0.2) is 88.7 Å². The normalized spacial score (nSPS) is 13.4. The van der Waals surface area contributed by atoms with Gasteiger partial charge in [0.1, 0.15) is 0 Å². The van der Waals surface area contributed by atoms with Crippen molar-refractivity contribution in [3.05, 3.63) is 95.6 Å². The zero-order chi connectivity index (χ0) is 16.9. The largest absolute Gasteiger partial charge is 0.388 e. The van der Waals surface area contributed by atoms with Crippen molar-refractivity contribution in [3.63, 3.8) is 0 Å². The van der Waals surface area contributed by atoms with E-state index in [9.17, 15) is 9.32 Å². The maximum Gasteiger partial charge on any atom is 0.0852 e. The number of rotatable bonds is 5. The van der Waals surface area contributed by atoms with Crippen LogP contribution in [-0.4, -0.2) is 9.32 Å². The van der Waals surface area contributed by atoms with Crippen molar-refractivity contribution in [1.82, 2.24) is 0 Å². The van der Waals surface area contributed by atoms with Gasteiger partial charge >= 0.3 is 0 Å². The van der Waals surface area contributed by atoms with Gasteiger partial charge in [0.25, 0.3) is 0 Å². The Morgan fingerprint density at radius 1 is 0.875 bits per heavy atom. The van der Waals surface area contributed by atoms with Gasteiger partial charge in [-0.2, -0.15) is 0 Å². The van der Waals surface area contributed by atoms with E-state index in [-0.39, 0.29) is 0 Å². The second-order valence-corrected chi connectivity index (χ2v) is 7.27. The van der Waals surface area contributed by atoms with Gasteiger partial charge in [-0.3, -0.25) is 0 Å². The van der Waals surface area contributed by atoms with Gasteiger partial charge in [-0.05, 0) is 36.2 Å². The fourth-order valence-corrected chi connectivity index (χ4v) is 3.87. The lowest BCUT2D eigenvalue weighted by Crippen LogP contribution is -2.05. The third-order valence-corrected chi connectivity index (χ3v) is 5.50. The van der Waals surface area contributed by atoms with Crippen LogP contribution < -0.4 is 0 Å². The van der Waals surface area contributed by atoms with Gasteiger partial charge in [-0.25, -0.2) is 4.21 Å². The first kappa shape index (κ1) is 16.6. The van der Waals surface area contributed by atoms with Crippen LogP contribution >= 0.6 is 0 Å². The summed E-state index contributed by atoms with van der Waals surface area (Å²) in [6.07, 6.45) is -0.167. The van der Waals surface area contributed by atoms with Crippen LogP contribution in [0.3, 0.4) is 0 Å². The molecule has 0 aliphatic carbocycles. The van der Waals surface area contributed by atoms with Crippen LogP contribution in [0, 0.1) is 6.92 Å². The lowest BCUT2D eigenvalue weighted by Gasteiger charge is -2.14. The highest BCUT2D eigenvalue weighted by atomic mass is 32.2. The molecule has 2 nitrogen and oxygen atoms in total. The van der Waals surface area contributed by atoms with E-state index in [0.29, 0.717) is 6.42 Å². The van der Waals surface area contributed by atoms with Crippen LogP contribution in [0.25, 0.3) is 0 Å². The number of aliphatic hydroxyl groups is 1. The molecule has 0 aliphatic heterocycles. The molecular weight excluding hydrogens is 316 g/mol. The van der Waals surface area contributed by atoms with Gasteiger partial charge < -0.3 is 5.11 Å². The summed E-state index contributed by atoms with van der Waals surface area (Å²) < 4.78 is 12.9. The lowest BCUT2D eigenvalue weighted by atomic mass is 10.0. The van der Waals surface area contributed by atoms with E-state index in [1.807, 2.05) is 85.8 Å². The summed E-state index contributed by atoms with van der Waals surface area (Å²) in [6.45, 7) is 2.01. The Bertz CT molecular complexity index is 826. The van der Waals surface area contributed by atoms with Crippen LogP contribution in [0.2, 0.25) is 0 Å². The number of aryl methyl sites for hydroxylation is 1. The summed E-state index contributed by atoms with van der Waals surface area (Å²) >= 11 is 0. The number of hydrogen-bond acceptors (Lipinski definition) is 2. The van der Waals surface area contributed by atoms with Crippen molar-refractivity contribution in [2.45, 2.75) is 29.2 Å². The molecule has 0 amide bonds.